The fourth-order valence-corrected chi connectivity index (χ4v) is 3.86. The van der Waals surface area contributed by atoms with E-state index in [0.717, 1.165) is 29.1 Å². The molecule has 0 saturated carbocycles. The number of nitrogens with one attached hydrogen (secondary N) is 2. The summed E-state index contributed by atoms with van der Waals surface area (Å²) in [4.78, 5) is 20.1. The highest BCUT2D eigenvalue weighted by molar-refractivity contribution is 7.99. The molecule has 2 heterocycles. The summed E-state index contributed by atoms with van der Waals surface area (Å²) >= 11 is 7.28. The predicted octanol–water partition coefficient (Wildman–Crippen LogP) is 3.86. The zero-order valence-electron chi connectivity index (χ0n) is 15.7. The van der Waals surface area contributed by atoms with Crippen LogP contribution < -0.4 is 5.32 Å². The van der Waals surface area contributed by atoms with Crippen molar-refractivity contribution in [2.24, 2.45) is 7.05 Å². The molecule has 29 heavy (non-hydrogen) atoms. The van der Waals surface area contributed by atoms with Gasteiger partial charge < -0.3 is 14.9 Å². The van der Waals surface area contributed by atoms with E-state index in [1.807, 2.05) is 35.9 Å². The van der Waals surface area contributed by atoms with Crippen molar-refractivity contribution in [3.05, 3.63) is 65.2 Å². The number of aromatic nitrogens is 5. The highest BCUT2D eigenvalue weighted by Gasteiger charge is 2.13. The Morgan fingerprint density at radius 3 is 2.86 bits per heavy atom. The number of nitrogens with zero attached hydrogens (tertiary/aromatic N) is 4. The Morgan fingerprint density at radius 2 is 2.03 bits per heavy atom. The summed E-state index contributed by atoms with van der Waals surface area (Å²) in [6.45, 7) is 0. The van der Waals surface area contributed by atoms with Crippen molar-refractivity contribution in [2.75, 3.05) is 11.1 Å². The molecule has 0 aliphatic rings. The number of fused-ring (bicyclic) bond motifs is 1. The van der Waals surface area contributed by atoms with Crippen molar-refractivity contribution in [1.82, 2.24) is 24.7 Å². The molecule has 9 heteroatoms. The summed E-state index contributed by atoms with van der Waals surface area (Å²) in [5, 5.41) is 12.6. The van der Waals surface area contributed by atoms with Crippen molar-refractivity contribution in [3.63, 3.8) is 0 Å². The monoisotopic (exact) mass is 426 g/mol. The summed E-state index contributed by atoms with van der Waals surface area (Å²) in [6, 6.07) is 15.0. The zero-order valence-corrected chi connectivity index (χ0v) is 17.3. The smallest absolute Gasteiger partial charge is 0.234 e. The van der Waals surface area contributed by atoms with E-state index in [1.54, 1.807) is 24.3 Å². The van der Waals surface area contributed by atoms with E-state index in [2.05, 4.69) is 25.5 Å². The minimum atomic E-state index is -0.121. The molecule has 0 bridgehead atoms. The van der Waals surface area contributed by atoms with Crippen LogP contribution in [0.1, 0.15) is 11.6 Å². The lowest BCUT2D eigenvalue weighted by atomic mass is 10.3. The van der Waals surface area contributed by atoms with Gasteiger partial charge in [0.1, 0.15) is 11.6 Å². The largest absolute Gasteiger partial charge is 0.342 e. The van der Waals surface area contributed by atoms with Gasteiger partial charge >= 0.3 is 0 Å². The number of amides is 1. The first-order chi connectivity index (χ1) is 14.1. The molecule has 0 aliphatic heterocycles. The predicted molar refractivity (Wildman–Crippen MR) is 115 cm³/mol. The first kappa shape index (κ1) is 19.5. The molecule has 148 valence electrons. The van der Waals surface area contributed by atoms with E-state index in [1.165, 1.54) is 11.8 Å². The van der Waals surface area contributed by atoms with E-state index in [4.69, 9.17) is 11.6 Å². The molecule has 4 rings (SSSR count). The van der Waals surface area contributed by atoms with Crippen molar-refractivity contribution in [3.8, 4) is 0 Å². The summed E-state index contributed by atoms with van der Waals surface area (Å²) in [5.41, 5.74) is 2.66. The standard InChI is InChI=1S/C20H19ClN6OS/c1-27-18(10-9-17-23-15-7-2-3-8-16(15)24-17)25-26-20(27)29-12-19(28)22-14-6-4-5-13(21)11-14/h2-8,11H,9-10,12H2,1H3,(H,22,28)(H,23,24). The van der Waals surface area contributed by atoms with Crippen molar-refractivity contribution in [1.29, 1.82) is 0 Å². The van der Waals surface area contributed by atoms with E-state index in [9.17, 15) is 4.79 Å². The Hall–Kier alpha value is -2.84. The molecule has 2 aromatic heterocycles. The van der Waals surface area contributed by atoms with Gasteiger partial charge in [-0.25, -0.2) is 4.98 Å². The Kier molecular flexibility index (Phi) is 5.82. The first-order valence-corrected chi connectivity index (χ1v) is 10.4. The molecule has 0 aliphatic carbocycles. The van der Waals surface area contributed by atoms with E-state index < -0.39 is 0 Å². The normalized spacial score (nSPS) is 11.1. The Bertz CT molecular complexity index is 1120. The van der Waals surface area contributed by atoms with E-state index >= 15 is 0 Å². The van der Waals surface area contributed by atoms with Gasteiger partial charge in [0.25, 0.3) is 0 Å². The lowest BCUT2D eigenvalue weighted by molar-refractivity contribution is -0.113. The molecule has 2 aromatic carbocycles. The van der Waals surface area contributed by atoms with Crippen molar-refractivity contribution < 1.29 is 4.79 Å². The Balaban J connectivity index is 1.32. The third-order valence-corrected chi connectivity index (χ3v) is 5.64. The molecule has 4 aromatic rings. The van der Waals surface area contributed by atoms with Crippen LogP contribution in [0.3, 0.4) is 0 Å². The average molecular weight is 427 g/mol. The van der Waals surface area contributed by atoms with Gasteiger partial charge in [-0.3, -0.25) is 4.79 Å². The van der Waals surface area contributed by atoms with Crippen LogP contribution in [0.15, 0.2) is 53.7 Å². The number of carbonyl (C=O) groups excluding carboxylic acids is 1. The Morgan fingerprint density at radius 1 is 1.17 bits per heavy atom. The molecule has 0 unspecified atom stereocenters. The van der Waals surface area contributed by atoms with Crippen LogP contribution in [0.4, 0.5) is 5.69 Å². The van der Waals surface area contributed by atoms with Gasteiger partial charge in [-0.05, 0) is 30.3 Å². The average Bonchev–Trinajstić information content (AvgIpc) is 3.27. The second-order valence-corrected chi connectivity index (χ2v) is 7.88. The number of hydrogen-bond acceptors (Lipinski definition) is 5. The number of halogens is 1. The molecular weight excluding hydrogens is 408 g/mol. The lowest BCUT2D eigenvalue weighted by Crippen LogP contribution is -2.14. The molecule has 0 spiro atoms. The minimum Gasteiger partial charge on any atom is -0.342 e. The fraction of sp³-hybridized carbons (Fsp3) is 0.200. The third kappa shape index (κ3) is 4.78. The van der Waals surface area contributed by atoms with Crippen molar-refractivity contribution >= 4 is 46.0 Å². The maximum absolute atomic E-state index is 12.2. The van der Waals surface area contributed by atoms with Gasteiger partial charge in [0, 0.05) is 30.6 Å². The molecule has 1 amide bonds. The van der Waals surface area contributed by atoms with Gasteiger partial charge in [0.05, 0.1) is 16.8 Å². The van der Waals surface area contributed by atoms with Crippen LogP contribution >= 0.6 is 23.4 Å². The summed E-state index contributed by atoms with van der Waals surface area (Å²) in [5.74, 6) is 1.89. The SMILES string of the molecule is Cn1c(CCc2nc3ccccc3[nH]2)nnc1SCC(=O)Nc1cccc(Cl)c1. The van der Waals surface area contributed by atoms with E-state index in [-0.39, 0.29) is 11.7 Å². The minimum absolute atomic E-state index is 0.121. The summed E-state index contributed by atoms with van der Waals surface area (Å²) < 4.78 is 1.92. The van der Waals surface area contributed by atoms with E-state index in [0.29, 0.717) is 22.3 Å². The van der Waals surface area contributed by atoms with Crippen LogP contribution in [-0.4, -0.2) is 36.4 Å². The number of anilines is 1. The number of carbonyl (C=O) groups is 1. The van der Waals surface area contributed by atoms with Gasteiger partial charge in [0.2, 0.25) is 5.91 Å². The number of H-pyrrole nitrogens is 1. The van der Waals surface area contributed by atoms with Gasteiger partial charge in [-0.1, -0.05) is 41.6 Å². The first-order valence-electron chi connectivity index (χ1n) is 9.08. The third-order valence-electron chi connectivity index (χ3n) is 4.39. The Labute approximate surface area is 176 Å². The fourth-order valence-electron chi connectivity index (χ4n) is 2.94. The number of imidazole rings is 1. The highest BCUT2D eigenvalue weighted by Crippen LogP contribution is 2.19. The number of thioether (sulfide) groups is 1. The van der Waals surface area contributed by atoms with Crippen molar-refractivity contribution in [2.45, 2.75) is 18.0 Å². The van der Waals surface area contributed by atoms with Gasteiger partial charge in [-0.2, -0.15) is 0 Å². The van der Waals surface area contributed by atoms with Crippen LogP contribution in [-0.2, 0) is 24.7 Å². The van der Waals surface area contributed by atoms with Crippen LogP contribution in [0, 0.1) is 0 Å². The number of rotatable bonds is 7. The van der Waals surface area contributed by atoms with Crippen LogP contribution in [0.25, 0.3) is 11.0 Å². The molecule has 0 atom stereocenters. The number of benzene rings is 2. The second-order valence-electron chi connectivity index (χ2n) is 6.51. The molecular formula is C20H19ClN6OS. The number of hydrogen-bond donors (Lipinski definition) is 2. The highest BCUT2D eigenvalue weighted by atomic mass is 35.5. The van der Waals surface area contributed by atoms with Gasteiger partial charge in [0.15, 0.2) is 5.16 Å². The molecule has 0 radical (unpaired) electrons. The zero-order chi connectivity index (χ0) is 20.2. The number of aryl methyl sites for hydroxylation is 2. The number of aromatic amines is 1. The summed E-state index contributed by atoms with van der Waals surface area (Å²) in [6.07, 6.45) is 1.44. The quantitative estimate of drug-likeness (QED) is 0.438. The number of para-hydroxylation sites is 2. The van der Waals surface area contributed by atoms with Crippen LogP contribution in [0.5, 0.6) is 0 Å². The lowest BCUT2D eigenvalue weighted by Gasteiger charge is -2.06. The molecule has 0 fully saturated rings. The maximum atomic E-state index is 12.2. The summed E-state index contributed by atoms with van der Waals surface area (Å²) in [7, 11) is 1.91. The topological polar surface area (TPSA) is 88.5 Å². The molecule has 7 nitrogen and oxygen atoms in total. The molecule has 2 N–H and O–H groups in total. The molecule has 0 saturated heterocycles. The van der Waals surface area contributed by atoms with Crippen LogP contribution in [0.2, 0.25) is 5.02 Å². The van der Waals surface area contributed by atoms with Gasteiger partial charge in [-0.15, -0.1) is 10.2 Å². The maximum Gasteiger partial charge on any atom is 0.234 e. The second kappa shape index (κ2) is 8.67.